The van der Waals surface area contributed by atoms with E-state index in [0.29, 0.717) is 23.3 Å². The van der Waals surface area contributed by atoms with E-state index in [-0.39, 0.29) is 35.8 Å². The van der Waals surface area contributed by atoms with Crippen LogP contribution in [-0.4, -0.2) is 33.1 Å². The van der Waals surface area contributed by atoms with Crippen LogP contribution in [0.3, 0.4) is 0 Å². The number of aliphatic hydroxyl groups excluding tert-OH is 2. The second kappa shape index (κ2) is 9.37. The predicted octanol–water partition coefficient (Wildman–Crippen LogP) is 5.73. The van der Waals surface area contributed by atoms with E-state index in [9.17, 15) is 15.3 Å². The van der Waals surface area contributed by atoms with Gasteiger partial charge in [0.25, 0.3) is 0 Å². The average Bonchev–Trinajstić information content (AvgIpc) is 3.08. The van der Waals surface area contributed by atoms with E-state index < -0.39 is 24.3 Å². The van der Waals surface area contributed by atoms with Gasteiger partial charge in [0.15, 0.2) is 0 Å². The average molecular weight is 432 g/mol. The van der Waals surface area contributed by atoms with Gasteiger partial charge in [-0.1, -0.05) is 57.2 Å². The zero-order valence-electron chi connectivity index (χ0n) is 23.0. The Balaban J connectivity index is 1.87. The first-order valence-corrected chi connectivity index (χ1v) is 12.1. The van der Waals surface area contributed by atoms with Gasteiger partial charge in [0.2, 0.25) is 0 Å². The quantitative estimate of drug-likeness (QED) is 0.487. The highest BCUT2D eigenvalue weighted by atomic mass is 16.3. The molecule has 0 unspecified atom stereocenters. The van der Waals surface area contributed by atoms with Crippen molar-refractivity contribution in [2.45, 2.75) is 97.4 Å². The van der Waals surface area contributed by atoms with Crippen molar-refractivity contribution in [3.8, 4) is 0 Å². The van der Waals surface area contributed by atoms with Crippen molar-refractivity contribution in [3.63, 3.8) is 0 Å². The van der Waals surface area contributed by atoms with Crippen LogP contribution in [0.15, 0.2) is 47.5 Å². The van der Waals surface area contributed by atoms with Gasteiger partial charge in [-0.3, -0.25) is 0 Å². The second-order valence-corrected chi connectivity index (χ2v) is 11.1. The summed E-state index contributed by atoms with van der Waals surface area (Å²) < 4.78 is 24.3. The molecule has 3 aliphatic carbocycles. The van der Waals surface area contributed by atoms with Crippen molar-refractivity contribution >= 4 is 0 Å². The Hall–Kier alpha value is -1.16. The smallest absolute Gasteiger partial charge is 0.0811 e. The van der Waals surface area contributed by atoms with Crippen molar-refractivity contribution < 1.29 is 19.4 Å². The van der Waals surface area contributed by atoms with Crippen LogP contribution in [0, 0.1) is 29.1 Å². The molecule has 174 valence electrons. The minimum atomic E-state index is -1.06. The summed E-state index contributed by atoms with van der Waals surface area (Å²) in [5.41, 5.74) is 1.31. The molecule has 3 rings (SSSR count). The van der Waals surface area contributed by atoms with Crippen LogP contribution in [-0.2, 0) is 0 Å². The van der Waals surface area contributed by atoms with E-state index >= 15 is 0 Å². The summed E-state index contributed by atoms with van der Waals surface area (Å²) in [5.74, 6) is 1.42. The number of allylic oxidation sites excluding steroid dienone is 4. The third kappa shape index (κ3) is 5.26. The summed E-state index contributed by atoms with van der Waals surface area (Å²) >= 11 is 0. The van der Waals surface area contributed by atoms with Crippen molar-refractivity contribution in [2.75, 3.05) is 0 Å². The van der Waals surface area contributed by atoms with E-state index in [1.54, 1.807) is 0 Å². The molecule has 0 heterocycles. The van der Waals surface area contributed by atoms with Gasteiger partial charge in [0, 0.05) is 12.3 Å². The molecule has 7 atom stereocenters. The van der Waals surface area contributed by atoms with Gasteiger partial charge in [-0.05, 0) is 86.7 Å². The molecule has 0 aliphatic heterocycles. The molecular weight excluding hydrogens is 384 g/mol. The standard InChI is InChI=1S/C28H44O3/c1-18(9-10-19(2)27(4,5)31)24-13-14-25-21(8-7-15-28(24,25)6)11-12-22-16-23(29)17-26(30)20(22)3/h9-12,18-19,23-26,29-31H,3,7-8,13-17H2,1-2,4-6H3/b10-9+,21-11+,22-12-/t18-,19+,23-,24-,25+,26+,28-/m1/s1/i3D2,12D. The zero-order valence-corrected chi connectivity index (χ0v) is 20.0. The second-order valence-electron chi connectivity index (χ2n) is 11.1. The van der Waals surface area contributed by atoms with Crippen LogP contribution in [0.4, 0.5) is 0 Å². The number of fused-ring (bicyclic) bond motifs is 1. The van der Waals surface area contributed by atoms with Crippen LogP contribution in [0.1, 0.15) is 83.7 Å². The number of hydrogen-bond donors (Lipinski definition) is 3. The first-order chi connectivity index (χ1) is 15.8. The molecule has 3 aliphatic rings. The normalized spacial score (nSPS) is 40.8. The summed E-state index contributed by atoms with van der Waals surface area (Å²) in [5, 5.41) is 30.8. The summed E-state index contributed by atoms with van der Waals surface area (Å²) in [6.45, 7) is 9.96. The minimum absolute atomic E-state index is 0.0849. The molecule has 31 heavy (non-hydrogen) atoms. The molecule has 3 N–H and O–H groups in total. The lowest BCUT2D eigenvalue weighted by molar-refractivity contribution is 0.0436. The van der Waals surface area contributed by atoms with Gasteiger partial charge >= 0.3 is 0 Å². The first kappa shape index (κ1) is 20.4. The summed E-state index contributed by atoms with van der Waals surface area (Å²) in [6, 6.07) is 0.236. The van der Waals surface area contributed by atoms with Crippen molar-refractivity contribution in [2.24, 2.45) is 29.1 Å². The fourth-order valence-electron chi connectivity index (χ4n) is 6.15. The lowest BCUT2D eigenvalue weighted by Crippen LogP contribution is -2.35. The van der Waals surface area contributed by atoms with Gasteiger partial charge < -0.3 is 15.3 Å². The first-order valence-electron chi connectivity index (χ1n) is 13.6. The van der Waals surface area contributed by atoms with Gasteiger partial charge in [0.1, 0.15) is 0 Å². The maximum absolute atomic E-state index is 10.3. The molecule has 0 aromatic carbocycles. The Morgan fingerprint density at radius 2 is 2.00 bits per heavy atom. The van der Waals surface area contributed by atoms with Gasteiger partial charge in [0.05, 0.1) is 21.9 Å². The lowest BCUT2D eigenvalue weighted by Gasteiger charge is -2.44. The third-order valence-corrected chi connectivity index (χ3v) is 8.52. The summed E-state index contributed by atoms with van der Waals surface area (Å²) in [7, 11) is 0. The maximum atomic E-state index is 10.3. The van der Waals surface area contributed by atoms with E-state index in [1.807, 2.05) is 26.8 Å². The number of aliphatic hydroxyl groups is 3. The number of rotatable bonds is 5. The molecule has 3 saturated carbocycles. The molecule has 0 saturated heterocycles. The van der Waals surface area contributed by atoms with E-state index in [2.05, 4.69) is 26.0 Å². The third-order valence-electron chi connectivity index (χ3n) is 8.52. The molecule has 3 heteroatoms. The predicted molar refractivity (Wildman–Crippen MR) is 128 cm³/mol. The zero-order chi connectivity index (χ0) is 25.4. The highest BCUT2D eigenvalue weighted by Crippen LogP contribution is 2.59. The number of hydrogen-bond acceptors (Lipinski definition) is 3. The highest BCUT2D eigenvalue weighted by Gasteiger charge is 2.50. The Morgan fingerprint density at radius 1 is 1.26 bits per heavy atom. The Labute approximate surface area is 193 Å². The van der Waals surface area contributed by atoms with Gasteiger partial charge in [-0.15, -0.1) is 0 Å². The van der Waals surface area contributed by atoms with E-state index in [4.69, 9.17) is 4.11 Å². The van der Waals surface area contributed by atoms with Crippen molar-refractivity contribution in [1.29, 1.82) is 0 Å². The maximum Gasteiger partial charge on any atom is 0.0811 e. The molecule has 0 aromatic heterocycles. The molecule has 3 nitrogen and oxygen atoms in total. The van der Waals surface area contributed by atoms with Gasteiger partial charge in [-0.25, -0.2) is 0 Å². The summed E-state index contributed by atoms with van der Waals surface area (Å²) in [4.78, 5) is 0. The van der Waals surface area contributed by atoms with Crippen LogP contribution in [0.5, 0.6) is 0 Å². The minimum Gasteiger partial charge on any atom is -0.393 e. The fraction of sp³-hybridized carbons (Fsp3) is 0.714. The topological polar surface area (TPSA) is 60.7 Å². The van der Waals surface area contributed by atoms with Crippen LogP contribution >= 0.6 is 0 Å². The molecule has 0 amide bonds. The Kier molecular flexibility index (Phi) is 6.18. The molecule has 0 radical (unpaired) electrons. The van der Waals surface area contributed by atoms with E-state index in [1.165, 1.54) is 5.57 Å². The Morgan fingerprint density at radius 3 is 2.68 bits per heavy atom. The Bertz CT molecular complexity index is 878. The van der Waals surface area contributed by atoms with Gasteiger partial charge in [-0.2, -0.15) is 0 Å². The molecular formula is C28H44O3. The van der Waals surface area contributed by atoms with Crippen molar-refractivity contribution in [1.82, 2.24) is 0 Å². The fourth-order valence-corrected chi connectivity index (χ4v) is 6.15. The molecule has 0 aromatic rings. The SMILES string of the molecule is [2H]C([2H])=C1/C(=C([2H])\C=C2/CCC[C@]3(C)[C@@H]([C@H](C)/C=C/[C@H](C)C(C)(C)O)CC[C@@H]23)C[C@@H](O)C[C@@H]1O. The highest BCUT2D eigenvalue weighted by molar-refractivity contribution is 5.38. The van der Waals surface area contributed by atoms with Crippen LogP contribution in [0.2, 0.25) is 0 Å². The van der Waals surface area contributed by atoms with Crippen LogP contribution < -0.4 is 0 Å². The van der Waals surface area contributed by atoms with Crippen LogP contribution in [0.25, 0.3) is 0 Å². The van der Waals surface area contributed by atoms with Crippen molar-refractivity contribution in [3.05, 3.63) is 47.5 Å². The monoisotopic (exact) mass is 431 g/mol. The summed E-state index contributed by atoms with van der Waals surface area (Å²) in [6.07, 6.45) is 10.3. The largest absolute Gasteiger partial charge is 0.393 e. The molecule has 0 spiro atoms. The van der Waals surface area contributed by atoms with E-state index in [0.717, 1.165) is 32.1 Å². The molecule has 0 bridgehead atoms. The lowest BCUT2D eigenvalue weighted by atomic mass is 9.61. The molecule has 3 fully saturated rings.